The molecule has 1 saturated carbocycles. The monoisotopic (exact) mass is 376 g/mol. The Hall–Kier alpha value is -1.89. The van der Waals surface area contributed by atoms with E-state index in [4.69, 9.17) is 0 Å². The van der Waals surface area contributed by atoms with Crippen molar-refractivity contribution in [2.24, 2.45) is 5.92 Å². The van der Waals surface area contributed by atoms with Crippen LogP contribution in [0, 0.1) is 5.92 Å². The number of carbonyl (C=O) groups is 2. The molecule has 1 aromatic rings. The van der Waals surface area contributed by atoms with Gasteiger partial charge in [-0.15, -0.1) is 0 Å². The van der Waals surface area contributed by atoms with Crippen LogP contribution >= 0.6 is 0 Å². The molecule has 1 N–H and O–H groups in total. The molecule has 0 radical (unpaired) electrons. The second-order valence-corrected chi connectivity index (χ2v) is 8.31. The zero-order valence-electron chi connectivity index (χ0n) is 16.5. The second kappa shape index (κ2) is 8.87. The topological polar surface area (TPSA) is 78.7 Å². The second-order valence-electron chi connectivity index (χ2n) is 8.31. The van der Waals surface area contributed by atoms with E-state index in [9.17, 15) is 14.7 Å². The van der Waals surface area contributed by atoms with Gasteiger partial charge in [-0.05, 0) is 25.2 Å². The summed E-state index contributed by atoms with van der Waals surface area (Å²) in [5, 5.41) is 14.1. The Morgan fingerprint density at radius 1 is 1.26 bits per heavy atom. The van der Waals surface area contributed by atoms with E-state index in [-0.39, 0.29) is 12.5 Å². The van der Waals surface area contributed by atoms with E-state index in [1.54, 1.807) is 11.1 Å². The average molecular weight is 377 g/mol. The average Bonchev–Trinajstić information content (AvgIpc) is 3.09. The van der Waals surface area contributed by atoms with Gasteiger partial charge in [0.25, 0.3) is 0 Å². The third-order valence-electron chi connectivity index (χ3n) is 5.81. The molecule has 1 amide bonds. The highest BCUT2D eigenvalue weighted by Gasteiger charge is 2.36. The van der Waals surface area contributed by atoms with Crippen molar-refractivity contribution in [2.45, 2.75) is 71.0 Å². The highest BCUT2D eigenvalue weighted by Crippen LogP contribution is 2.27. The molecule has 0 aromatic carbocycles. The van der Waals surface area contributed by atoms with Crippen LogP contribution in [0.4, 0.5) is 0 Å². The van der Waals surface area contributed by atoms with Crippen molar-refractivity contribution in [1.29, 1.82) is 0 Å². The van der Waals surface area contributed by atoms with Crippen molar-refractivity contribution in [1.82, 2.24) is 19.6 Å². The first-order chi connectivity index (χ1) is 13.0. The van der Waals surface area contributed by atoms with E-state index in [1.165, 1.54) is 19.3 Å². The first-order valence-corrected chi connectivity index (χ1v) is 10.2. The molecule has 1 atom stereocenters. The Labute approximate surface area is 161 Å². The van der Waals surface area contributed by atoms with Crippen molar-refractivity contribution in [3.05, 3.63) is 18.0 Å². The molecule has 2 fully saturated rings. The maximum absolute atomic E-state index is 12.7. The largest absolute Gasteiger partial charge is 0.480 e. The Morgan fingerprint density at radius 3 is 2.63 bits per heavy atom. The van der Waals surface area contributed by atoms with Crippen molar-refractivity contribution < 1.29 is 14.7 Å². The lowest BCUT2D eigenvalue weighted by Crippen LogP contribution is -2.55. The summed E-state index contributed by atoms with van der Waals surface area (Å²) in [5.41, 5.74) is 0.658. The Balaban J connectivity index is 1.66. The number of rotatable bonds is 7. The Bertz CT molecular complexity index is 651. The third kappa shape index (κ3) is 4.89. The van der Waals surface area contributed by atoms with E-state index in [0.29, 0.717) is 30.6 Å². The molecule has 1 aliphatic carbocycles. The molecule has 1 aliphatic heterocycles. The number of hydrogen-bond acceptors (Lipinski definition) is 4. The molecule has 2 aliphatic rings. The van der Waals surface area contributed by atoms with Gasteiger partial charge >= 0.3 is 5.97 Å². The molecule has 7 nitrogen and oxygen atoms in total. The van der Waals surface area contributed by atoms with Gasteiger partial charge in [-0.1, -0.05) is 33.1 Å². The number of hydrogen-bond donors (Lipinski definition) is 1. The summed E-state index contributed by atoms with van der Waals surface area (Å²) in [5.74, 6) is -0.290. The third-order valence-corrected chi connectivity index (χ3v) is 5.81. The maximum atomic E-state index is 12.7. The smallest absolute Gasteiger partial charge is 0.325 e. The number of carbonyl (C=O) groups excluding carboxylic acids is 1. The molecule has 1 unspecified atom stereocenters. The normalized spacial score (nSPS) is 21.0. The van der Waals surface area contributed by atoms with Crippen LogP contribution in [0.1, 0.15) is 64.0 Å². The summed E-state index contributed by atoms with van der Waals surface area (Å²) in [4.78, 5) is 28.4. The van der Waals surface area contributed by atoms with Crippen LogP contribution in [0.25, 0.3) is 0 Å². The molecule has 27 heavy (non-hydrogen) atoms. The molecule has 0 spiro atoms. The van der Waals surface area contributed by atoms with E-state index in [0.717, 1.165) is 25.8 Å². The molecule has 2 heterocycles. The van der Waals surface area contributed by atoms with Gasteiger partial charge in [0.15, 0.2) is 0 Å². The quantitative estimate of drug-likeness (QED) is 0.791. The minimum Gasteiger partial charge on any atom is -0.480 e. The summed E-state index contributed by atoms with van der Waals surface area (Å²) < 4.78 is 1.81. The zero-order valence-corrected chi connectivity index (χ0v) is 16.5. The van der Waals surface area contributed by atoms with Crippen LogP contribution in [-0.4, -0.2) is 62.2 Å². The number of nitrogens with zero attached hydrogens (tertiary/aromatic N) is 4. The molecular weight excluding hydrogens is 344 g/mol. The maximum Gasteiger partial charge on any atom is 0.325 e. The van der Waals surface area contributed by atoms with E-state index >= 15 is 0 Å². The van der Waals surface area contributed by atoms with Gasteiger partial charge in [0.1, 0.15) is 6.04 Å². The molecular formula is C20H32N4O3. The zero-order chi connectivity index (χ0) is 19.4. The highest BCUT2D eigenvalue weighted by atomic mass is 16.4. The van der Waals surface area contributed by atoms with Crippen LogP contribution in [0.15, 0.2) is 12.4 Å². The van der Waals surface area contributed by atoms with Crippen molar-refractivity contribution in [3.63, 3.8) is 0 Å². The summed E-state index contributed by atoms with van der Waals surface area (Å²) in [6.07, 6.45) is 10.2. The predicted octanol–water partition coefficient (Wildman–Crippen LogP) is 2.53. The Kier molecular flexibility index (Phi) is 6.52. The van der Waals surface area contributed by atoms with E-state index in [2.05, 4.69) is 18.9 Å². The highest BCUT2D eigenvalue weighted by molar-refractivity contribution is 5.81. The SMILES string of the molecule is CC(C)CCn1cc(C(C(=O)O)N2CCN(C3CCCCC3)C(=O)C2)cn1. The van der Waals surface area contributed by atoms with Crippen LogP contribution < -0.4 is 0 Å². The van der Waals surface area contributed by atoms with E-state index in [1.807, 2.05) is 15.8 Å². The molecule has 1 aromatic heterocycles. The first kappa shape index (κ1) is 19.9. The summed E-state index contributed by atoms with van der Waals surface area (Å²) in [7, 11) is 0. The summed E-state index contributed by atoms with van der Waals surface area (Å²) in [6.45, 7) is 6.47. The number of carboxylic acid groups (broad SMARTS) is 1. The van der Waals surface area contributed by atoms with Gasteiger partial charge in [0.05, 0.1) is 12.7 Å². The lowest BCUT2D eigenvalue weighted by molar-refractivity contribution is -0.149. The standard InChI is InChI=1S/C20H32N4O3/c1-15(2)8-9-23-13-16(12-21-23)19(20(26)27)22-10-11-24(18(25)14-22)17-6-4-3-5-7-17/h12-13,15,17,19H,3-11,14H2,1-2H3,(H,26,27). The van der Waals surface area contributed by atoms with Crippen molar-refractivity contribution in [2.75, 3.05) is 19.6 Å². The van der Waals surface area contributed by atoms with Crippen molar-refractivity contribution in [3.8, 4) is 0 Å². The van der Waals surface area contributed by atoms with Gasteiger partial charge < -0.3 is 10.0 Å². The van der Waals surface area contributed by atoms with Crippen LogP contribution in [0.3, 0.4) is 0 Å². The van der Waals surface area contributed by atoms with E-state index < -0.39 is 12.0 Å². The summed E-state index contributed by atoms with van der Waals surface area (Å²) >= 11 is 0. The van der Waals surface area contributed by atoms with Gasteiger partial charge in [0.2, 0.25) is 5.91 Å². The van der Waals surface area contributed by atoms with Gasteiger partial charge in [-0.3, -0.25) is 19.2 Å². The lowest BCUT2D eigenvalue weighted by atomic mass is 9.93. The first-order valence-electron chi connectivity index (χ1n) is 10.2. The fourth-order valence-corrected chi connectivity index (χ4v) is 4.25. The molecule has 3 rings (SSSR count). The molecule has 0 bridgehead atoms. The minimum atomic E-state index is -0.919. The number of piperazine rings is 1. The van der Waals surface area contributed by atoms with Crippen LogP contribution in [0.5, 0.6) is 0 Å². The molecule has 150 valence electrons. The predicted molar refractivity (Wildman–Crippen MR) is 102 cm³/mol. The van der Waals surface area contributed by atoms with Gasteiger partial charge in [-0.25, -0.2) is 0 Å². The van der Waals surface area contributed by atoms with Crippen LogP contribution in [0.2, 0.25) is 0 Å². The lowest BCUT2D eigenvalue weighted by Gasteiger charge is -2.42. The minimum absolute atomic E-state index is 0.0617. The number of aryl methyl sites for hydroxylation is 1. The van der Waals surface area contributed by atoms with Crippen LogP contribution in [-0.2, 0) is 16.1 Å². The van der Waals surface area contributed by atoms with Crippen molar-refractivity contribution >= 4 is 11.9 Å². The number of aromatic nitrogens is 2. The number of carboxylic acids is 1. The molecule has 7 heteroatoms. The van der Waals surface area contributed by atoms with Gasteiger partial charge in [0, 0.05) is 37.4 Å². The fourth-order valence-electron chi connectivity index (χ4n) is 4.25. The summed E-state index contributed by atoms with van der Waals surface area (Å²) in [6, 6.07) is -0.467. The Morgan fingerprint density at radius 2 is 2.00 bits per heavy atom. The van der Waals surface area contributed by atoms with Gasteiger partial charge in [-0.2, -0.15) is 5.10 Å². The number of amides is 1. The fraction of sp³-hybridized carbons (Fsp3) is 0.750. The number of aliphatic carboxylic acids is 1. The molecule has 1 saturated heterocycles.